The summed E-state index contributed by atoms with van der Waals surface area (Å²) in [5, 5.41) is 0.878. The standard InChI is InChI=1S/C11H11Cl/c1-7-3-4-9-5-8(2)11(12)6-10(7)9/h3,5-6H,4H2,1-2H3. The average molecular weight is 179 g/mol. The van der Waals surface area contributed by atoms with E-state index in [0.717, 1.165) is 11.4 Å². The first-order valence-corrected chi connectivity index (χ1v) is 4.52. The van der Waals surface area contributed by atoms with E-state index in [4.69, 9.17) is 11.6 Å². The Bertz CT molecular complexity index is 362. The molecular formula is C11H11Cl. The SMILES string of the molecule is CC1=CCc2cc(C)c(Cl)cc21. The van der Waals surface area contributed by atoms with Crippen molar-refractivity contribution in [2.45, 2.75) is 20.3 Å². The zero-order chi connectivity index (χ0) is 8.72. The molecule has 0 unspecified atom stereocenters. The maximum atomic E-state index is 6.03. The van der Waals surface area contributed by atoms with Gasteiger partial charge in [-0.2, -0.15) is 0 Å². The Morgan fingerprint density at radius 3 is 2.75 bits per heavy atom. The van der Waals surface area contributed by atoms with Crippen molar-refractivity contribution < 1.29 is 0 Å². The maximum absolute atomic E-state index is 6.03. The van der Waals surface area contributed by atoms with Crippen LogP contribution in [0, 0.1) is 6.92 Å². The zero-order valence-corrected chi connectivity index (χ0v) is 8.07. The molecule has 0 nitrogen and oxygen atoms in total. The first kappa shape index (κ1) is 7.88. The Labute approximate surface area is 77.9 Å². The van der Waals surface area contributed by atoms with Crippen LogP contribution < -0.4 is 0 Å². The minimum absolute atomic E-state index is 0.878. The molecule has 0 spiro atoms. The summed E-state index contributed by atoms with van der Waals surface area (Å²) < 4.78 is 0. The van der Waals surface area contributed by atoms with Crippen LogP contribution in [-0.4, -0.2) is 0 Å². The molecule has 62 valence electrons. The molecule has 0 aliphatic heterocycles. The summed E-state index contributed by atoms with van der Waals surface area (Å²) in [6.45, 7) is 4.19. The first-order chi connectivity index (χ1) is 5.68. The summed E-state index contributed by atoms with van der Waals surface area (Å²) in [6.07, 6.45) is 3.32. The van der Waals surface area contributed by atoms with Gasteiger partial charge in [0.05, 0.1) is 0 Å². The lowest BCUT2D eigenvalue weighted by atomic mass is 10.0. The summed E-state index contributed by atoms with van der Waals surface area (Å²) in [5.74, 6) is 0. The second-order valence-corrected chi connectivity index (χ2v) is 3.76. The van der Waals surface area contributed by atoms with Crippen molar-refractivity contribution in [1.29, 1.82) is 0 Å². The van der Waals surface area contributed by atoms with Crippen LogP contribution in [0.1, 0.15) is 23.6 Å². The van der Waals surface area contributed by atoms with Crippen molar-refractivity contribution in [3.63, 3.8) is 0 Å². The summed E-state index contributed by atoms with van der Waals surface area (Å²) in [4.78, 5) is 0. The Hall–Kier alpha value is -0.750. The monoisotopic (exact) mass is 178 g/mol. The topological polar surface area (TPSA) is 0 Å². The van der Waals surface area contributed by atoms with Gasteiger partial charge in [-0.05, 0) is 48.6 Å². The second kappa shape index (κ2) is 2.63. The fourth-order valence-corrected chi connectivity index (χ4v) is 1.81. The van der Waals surface area contributed by atoms with Gasteiger partial charge in [0.25, 0.3) is 0 Å². The minimum atomic E-state index is 0.878. The van der Waals surface area contributed by atoms with Gasteiger partial charge < -0.3 is 0 Å². The first-order valence-electron chi connectivity index (χ1n) is 4.14. The summed E-state index contributed by atoms with van der Waals surface area (Å²) >= 11 is 6.03. The van der Waals surface area contributed by atoms with Gasteiger partial charge >= 0.3 is 0 Å². The Balaban J connectivity index is 2.63. The number of hydrogen-bond acceptors (Lipinski definition) is 0. The van der Waals surface area contributed by atoms with E-state index in [2.05, 4.69) is 32.1 Å². The Morgan fingerprint density at radius 2 is 2.00 bits per heavy atom. The van der Waals surface area contributed by atoms with E-state index >= 15 is 0 Å². The van der Waals surface area contributed by atoms with Crippen LogP contribution in [-0.2, 0) is 6.42 Å². The fourth-order valence-electron chi connectivity index (χ4n) is 1.65. The van der Waals surface area contributed by atoms with Crippen LogP contribution in [0.15, 0.2) is 18.2 Å². The molecule has 0 saturated carbocycles. The number of fused-ring (bicyclic) bond motifs is 1. The average Bonchev–Trinajstić information content (AvgIpc) is 2.35. The molecule has 0 amide bonds. The van der Waals surface area contributed by atoms with Crippen LogP contribution >= 0.6 is 11.6 Å². The molecule has 0 radical (unpaired) electrons. The molecule has 1 aromatic rings. The van der Waals surface area contributed by atoms with Crippen LogP contribution in [0.4, 0.5) is 0 Å². The Kier molecular flexibility index (Phi) is 1.73. The van der Waals surface area contributed by atoms with Crippen molar-refractivity contribution in [3.05, 3.63) is 39.9 Å². The molecule has 0 heterocycles. The molecule has 2 rings (SSSR count). The van der Waals surface area contributed by atoms with Crippen molar-refractivity contribution >= 4 is 17.2 Å². The van der Waals surface area contributed by atoms with Gasteiger partial charge in [0.2, 0.25) is 0 Å². The molecule has 0 aromatic heterocycles. The highest BCUT2D eigenvalue weighted by molar-refractivity contribution is 6.31. The molecule has 0 bridgehead atoms. The molecule has 1 aromatic carbocycles. The number of allylic oxidation sites excluding steroid dienone is 2. The van der Waals surface area contributed by atoms with E-state index in [9.17, 15) is 0 Å². The van der Waals surface area contributed by atoms with E-state index in [1.54, 1.807) is 0 Å². The van der Waals surface area contributed by atoms with E-state index < -0.39 is 0 Å². The van der Waals surface area contributed by atoms with Gasteiger partial charge in [-0.25, -0.2) is 0 Å². The third-order valence-electron chi connectivity index (χ3n) is 2.44. The summed E-state index contributed by atoms with van der Waals surface area (Å²) in [7, 11) is 0. The van der Waals surface area contributed by atoms with Gasteiger partial charge in [-0.15, -0.1) is 0 Å². The highest BCUT2D eigenvalue weighted by atomic mass is 35.5. The van der Waals surface area contributed by atoms with Crippen molar-refractivity contribution in [3.8, 4) is 0 Å². The molecule has 1 heteroatoms. The third kappa shape index (κ3) is 1.07. The quantitative estimate of drug-likeness (QED) is 0.570. The number of hydrogen-bond donors (Lipinski definition) is 0. The maximum Gasteiger partial charge on any atom is 0.0441 e. The van der Waals surface area contributed by atoms with Gasteiger partial charge in [-0.3, -0.25) is 0 Å². The smallest absolute Gasteiger partial charge is 0.0441 e. The lowest BCUT2D eigenvalue weighted by Crippen LogP contribution is -1.85. The molecular weight excluding hydrogens is 168 g/mol. The molecule has 1 aliphatic carbocycles. The lowest BCUT2D eigenvalue weighted by Gasteiger charge is -2.04. The van der Waals surface area contributed by atoms with Crippen LogP contribution in [0.3, 0.4) is 0 Å². The van der Waals surface area contributed by atoms with Gasteiger partial charge in [0, 0.05) is 5.02 Å². The van der Waals surface area contributed by atoms with Crippen molar-refractivity contribution in [1.82, 2.24) is 0 Å². The lowest BCUT2D eigenvalue weighted by molar-refractivity contribution is 1.28. The number of halogens is 1. The third-order valence-corrected chi connectivity index (χ3v) is 2.84. The van der Waals surface area contributed by atoms with Crippen LogP contribution in [0.25, 0.3) is 5.57 Å². The van der Waals surface area contributed by atoms with Crippen molar-refractivity contribution in [2.24, 2.45) is 0 Å². The zero-order valence-electron chi connectivity index (χ0n) is 7.32. The number of aryl methyl sites for hydroxylation is 1. The van der Waals surface area contributed by atoms with Gasteiger partial charge in [-0.1, -0.05) is 23.7 Å². The van der Waals surface area contributed by atoms with E-state index in [-0.39, 0.29) is 0 Å². The highest BCUT2D eigenvalue weighted by Gasteiger charge is 2.11. The largest absolute Gasteiger partial charge is 0.0840 e. The normalized spacial score (nSPS) is 14.4. The van der Waals surface area contributed by atoms with E-state index in [1.807, 2.05) is 0 Å². The van der Waals surface area contributed by atoms with Gasteiger partial charge in [0.1, 0.15) is 0 Å². The molecule has 1 aliphatic rings. The van der Waals surface area contributed by atoms with E-state index in [1.165, 1.54) is 22.3 Å². The molecule has 0 atom stereocenters. The number of benzene rings is 1. The number of rotatable bonds is 0. The summed E-state index contributed by atoms with van der Waals surface area (Å²) in [5.41, 5.74) is 5.27. The molecule has 0 saturated heterocycles. The highest BCUT2D eigenvalue weighted by Crippen LogP contribution is 2.31. The molecule has 0 fully saturated rings. The molecule has 0 N–H and O–H groups in total. The predicted octanol–water partition coefficient (Wildman–Crippen LogP) is 3.61. The van der Waals surface area contributed by atoms with Crippen LogP contribution in [0.5, 0.6) is 0 Å². The predicted molar refractivity (Wildman–Crippen MR) is 53.5 cm³/mol. The molecule has 12 heavy (non-hydrogen) atoms. The van der Waals surface area contributed by atoms with Crippen LogP contribution in [0.2, 0.25) is 5.02 Å². The second-order valence-electron chi connectivity index (χ2n) is 3.35. The minimum Gasteiger partial charge on any atom is -0.0840 e. The van der Waals surface area contributed by atoms with Gasteiger partial charge in [0.15, 0.2) is 0 Å². The van der Waals surface area contributed by atoms with Crippen molar-refractivity contribution in [2.75, 3.05) is 0 Å². The van der Waals surface area contributed by atoms with E-state index in [0.29, 0.717) is 0 Å². The fraction of sp³-hybridized carbons (Fsp3) is 0.273. The summed E-state index contributed by atoms with van der Waals surface area (Å²) in [6, 6.07) is 4.26. The Morgan fingerprint density at radius 1 is 1.25 bits per heavy atom.